The summed E-state index contributed by atoms with van der Waals surface area (Å²) in [5.74, 6) is -4.24. The molecule has 0 radical (unpaired) electrons. The molecule has 0 amide bonds. The van der Waals surface area contributed by atoms with Crippen molar-refractivity contribution in [3.63, 3.8) is 0 Å². The lowest BCUT2D eigenvalue weighted by atomic mass is 9.83. The number of allylic oxidation sites excluding steroid dienone is 2. The Morgan fingerprint density at radius 1 is 0.636 bits per heavy atom. The maximum Gasteiger partial charge on any atom is 0.516 e. The van der Waals surface area contributed by atoms with Crippen LogP contribution in [0.4, 0.5) is 9.59 Å². The maximum atomic E-state index is 12.7. The van der Waals surface area contributed by atoms with E-state index in [1.165, 1.54) is 0 Å². The molecule has 0 spiro atoms. The second kappa shape index (κ2) is 10.1. The van der Waals surface area contributed by atoms with E-state index in [2.05, 4.69) is 0 Å². The lowest BCUT2D eigenvalue weighted by Crippen LogP contribution is -2.37. The predicted molar refractivity (Wildman–Crippen MR) is 113 cm³/mol. The van der Waals surface area contributed by atoms with Crippen LogP contribution in [-0.4, -0.2) is 24.2 Å². The van der Waals surface area contributed by atoms with E-state index in [9.17, 15) is 19.2 Å². The molecule has 8 nitrogen and oxygen atoms in total. The Hall–Kier alpha value is -3.94. The molecule has 0 saturated heterocycles. The standard InChI is InChI=1S/C25H22O8/c26-22(32-24(28)30-14-16-7-3-1-4-8-16)20-18-11-12-19(13-18)21(20)23(27)33-25(29)31-15-17-9-5-2-6-10-17/h1-12,18-21H,13-15H2/t18-,19+,20?,21?. The molecule has 0 aromatic heterocycles. The number of hydrogen-bond donors (Lipinski definition) is 0. The summed E-state index contributed by atoms with van der Waals surface area (Å²) in [4.78, 5) is 49.4. The first-order valence-corrected chi connectivity index (χ1v) is 10.5. The van der Waals surface area contributed by atoms with E-state index >= 15 is 0 Å². The normalized spacial score (nSPS) is 22.4. The second-order valence-corrected chi connectivity index (χ2v) is 7.89. The molecule has 2 bridgehead atoms. The first-order chi connectivity index (χ1) is 16.0. The van der Waals surface area contributed by atoms with Crippen molar-refractivity contribution >= 4 is 24.2 Å². The van der Waals surface area contributed by atoms with Crippen molar-refractivity contribution in [3.05, 3.63) is 83.9 Å². The van der Waals surface area contributed by atoms with Gasteiger partial charge in [0, 0.05) is 0 Å². The SMILES string of the molecule is O=C(OCc1ccccc1)OC(=O)C1C(C(=O)OC(=O)OCc2ccccc2)[C@H]2C=C[C@@H]1C2. The average molecular weight is 450 g/mol. The number of fused-ring (bicyclic) bond motifs is 2. The summed E-state index contributed by atoms with van der Waals surface area (Å²) < 4.78 is 19.6. The van der Waals surface area contributed by atoms with Crippen molar-refractivity contribution in [1.82, 2.24) is 0 Å². The predicted octanol–water partition coefficient (Wildman–Crippen LogP) is 4.18. The van der Waals surface area contributed by atoms with Gasteiger partial charge in [-0.1, -0.05) is 72.8 Å². The van der Waals surface area contributed by atoms with Gasteiger partial charge in [0.15, 0.2) is 0 Å². The monoisotopic (exact) mass is 450 g/mol. The van der Waals surface area contributed by atoms with E-state index in [1.807, 2.05) is 24.3 Å². The zero-order chi connectivity index (χ0) is 23.2. The van der Waals surface area contributed by atoms with Gasteiger partial charge in [0.05, 0.1) is 11.8 Å². The highest BCUT2D eigenvalue weighted by Gasteiger charge is 2.54. The Balaban J connectivity index is 1.31. The molecule has 2 unspecified atom stereocenters. The van der Waals surface area contributed by atoms with E-state index in [-0.39, 0.29) is 25.0 Å². The second-order valence-electron chi connectivity index (χ2n) is 7.89. The van der Waals surface area contributed by atoms with Crippen LogP contribution in [0.15, 0.2) is 72.8 Å². The third kappa shape index (κ3) is 5.46. The zero-order valence-corrected chi connectivity index (χ0v) is 17.6. The van der Waals surface area contributed by atoms with Crippen molar-refractivity contribution in [3.8, 4) is 0 Å². The number of ether oxygens (including phenoxy) is 4. The molecule has 2 aromatic rings. The number of rotatable bonds is 6. The number of carbonyl (C=O) groups excluding carboxylic acids is 4. The van der Waals surface area contributed by atoms with Crippen LogP contribution in [0.3, 0.4) is 0 Å². The van der Waals surface area contributed by atoms with Crippen molar-refractivity contribution in [2.45, 2.75) is 19.6 Å². The van der Waals surface area contributed by atoms with E-state index in [4.69, 9.17) is 18.9 Å². The lowest BCUT2D eigenvalue weighted by molar-refractivity contribution is -0.157. The Bertz CT molecular complexity index is 963. The third-order valence-electron chi connectivity index (χ3n) is 5.77. The van der Waals surface area contributed by atoms with Gasteiger partial charge in [-0.25, -0.2) is 9.59 Å². The fourth-order valence-corrected chi connectivity index (χ4v) is 4.26. The molecule has 1 fully saturated rings. The average Bonchev–Trinajstić information content (AvgIpc) is 3.45. The van der Waals surface area contributed by atoms with Gasteiger partial charge in [0.25, 0.3) is 0 Å². The third-order valence-corrected chi connectivity index (χ3v) is 5.77. The summed E-state index contributed by atoms with van der Waals surface area (Å²) in [7, 11) is 0. The molecule has 0 heterocycles. The molecule has 2 aliphatic carbocycles. The molecule has 0 aliphatic heterocycles. The topological polar surface area (TPSA) is 105 Å². The van der Waals surface area contributed by atoms with Crippen LogP contribution in [0, 0.1) is 23.7 Å². The van der Waals surface area contributed by atoms with Crippen molar-refractivity contribution in [1.29, 1.82) is 0 Å². The molecule has 170 valence electrons. The van der Waals surface area contributed by atoms with E-state index < -0.39 is 36.1 Å². The Kier molecular flexibility index (Phi) is 6.83. The quantitative estimate of drug-likeness (QED) is 0.367. The summed E-state index contributed by atoms with van der Waals surface area (Å²) in [5.41, 5.74) is 1.47. The minimum absolute atomic E-state index is 0.0533. The summed E-state index contributed by atoms with van der Waals surface area (Å²) >= 11 is 0. The van der Waals surface area contributed by atoms with Crippen LogP contribution in [0.5, 0.6) is 0 Å². The molecule has 2 aromatic carbocycles. The highest BCUT2D eigenvalue weighted by molar-refractivity contribution is 5.91. The molecule has 2 aliphatic rings. The number of esters is 2. The van der Waals surface area contributed by atoms with Gasteiger partial charge in [0.1, 0.15) is 13.2 Å². The first-order valence-electron chi connectivity index (χ1n) is 10.5. The minimum atomic E-state index is -1.15. The van der Waals surface area contributed by atoms with Gasteiger partial charge in [-0.2, -0.15) is 0 Å². The van der Waals surface area contributed by atoms with Crippen LogP contribution in [0.1, 0.15) is 17.5 Å². The first kappa shape index (κ1) is 22.3. The number of benzene rings is 2. The molecular formula is C25H22O8. The van der Waals surface area contributed by atoms with Crippen molar-refractivity contribution < 1.29 is 38.1 Å². The van der Waals surface area contributed by atoms with Gasteiger partial charge in [0.2, 0.25) is 0 Å². The molecule has 8 heteroatoms. The Morgan fingerprint density at radius 2 is 1.03 bits per heavy atom. The molecular weight excluding hydrogens is 428 g/mol. The van der Waals surface area contributed by atoms with Crippen LogP contribution >= 0.6 is 0 Å². The number of carbonyl (C=O) groups is 4. The summed E-state index contributed by atoms with van der Waals surface area (Å²) in [6.45, 7) is -0.107. The van der Waals surface area contributed by atoms with Crippen molar-refractivity contribution in [2.24, 2.45) is 23.7 Å². The molecule has 0 N–H and O–H groups in total. The summed E-state index contributed by atoms with van der Waals surface area (Å²) in [6, 6.07) is 17.9. The smallest absolute Gasteiger partial charge is 0.429 e. The van der Waals surface area contributed by atoms with Gasteiger partial charge >= 0.3 is 24.2 Å². The fraction of sp³-hybridized carbons (Fsp3) is 0.280. The number of hydrogen-bond acceptors (Lipinski definition) is 8. The van der Waals surface area contributed by atoms with Crippen LogP contribution in [0.25, 0.3) is 0 Å². The Labute approximate surface area is 190 Å². The van der Waals surface area contributed by atoms with Gasteiger partial charge in [-0.15, -0.1) is 0 Å². The highest BCUT2D eigenvalue weighted by atomic mass is 16.7. The van der Waals surface area contributed by atoms with Gasteiger partial charge in [-0.3, -0.25) is 9.59 Å². The van der Waals surface area contributed by atoms with Gasteiger partial charge in [-0.05, 0) is 29.4 Å². The molecule has 33 heavy (non-hydrogen) atoms. The summed E-state index contributed by atoms with van der Waals surface area (Å²) in [5, 5.41) is 0. The van der Waals surface area contributed by atoms with Crippen LogP contribution < -0.4 is 0 Å². The van der Waals surface area contributed by atoms with Crippen LogP contribution in [-0.2, 0) is 41.8 Å². The molecule has 4 atom stereocenters. The van der Waals surface area contributed by atoms with E-state index in [0.717, 1.165) is 11.1 Å². The fourth-order valence-electron chi connectivity index (χ4n) is 4.26. The lowest BCUT2D eigenvalue weighted by Gasteiger charge is -2.23. The van der Waals surface area contributed by atoms with Gasteiger partial charge < -0.3 is 18.9 Å². The maximum absolute atomic E-state index is 12.7. The zero-order valence-electron chi connectivity index (χ0n) is 17.6. The highest BCUT2D eigenvalue weighted by Crippen LogP contribution is 2.49. The largest absolute Gasteiger partial charge is 0.516 e. The summed E-state index contributed by atoms with van der Waals surface area (Å²) in [6.07, 6.45) is 1.85. The van der Waals surface area contributed by atoms with Crippen LogP contribution in [0.2, 0.25) is 0 Å². The minimum Gasteiger partial charge on any atom is -0.429 e. The van der Waals surface area contributed by atoms with E-state index in [0.29, 0.717) is 6.42 Å². The Morgan fingerprint density at radius 3 is 1.42 bits per heavy atom. The molecule has 1 saturated carbocycles. The van der Waals surface area contributed by atoms with E-state index in [1.54, 1.807) is 48.5 Å². The molecule has 4 rings (SSSR count). The van der Waals surface area contributed by atoms with Crippen molar-refractivity contribution in [2.75, 3.05) is 0 Å².